The number of unbranched alkanes of at least 4 members (excludes halogenated alkanes) is 8. The molecule has 0 spiro atoms. The monoisotopic (exact) mass is 475 g/mol. The van der Waals surface area contributed by atoms with Gasteiger partial charge in [-0.3, -0.25) is 4.90 Å². The predicted octanol–water partition coefficient (Wildman–Crippen LogP) is 9.11. The molecule has 2 aromatic carbocycles. The summed E-state index contributed by atoms with van der Waals surface area (Å²) < 4.78 is 5.62. The molecule has 2 atom stereocenters. The number of nitrogens with zero attached hydrogens (tertiary/aromatic N) is 1. The number of benzene rings is 2. The topological polar surface area (TPSA) is 29.5 Å². The van der Waals surface area contributed by atoms with E-state index in [9.17, 15) is 4.79 Å². The third-order valence-corrected chi connectivity index (χ3v) is 7.96. The lowest BCUT2D eigenvalue weighted by Crippen LogP contribution is -2.24. The van der Waals surface area contributed by atoms with Gasteiger partial charge in [0.15, 0.2) is 0 Å². The lowest BCUT2D eigenvalue weighted by Gasteiger charge is -2.14. The first-order valence-corrected chi connectivity index (χ1v) is 14.4. The highest BCUT2D eigenvalue weighted by Crippen LogP contribution is 2.34. The Morgan fingerprint density at radius 1 is 0.743 bits per heavy atom. The van der Waals surface area contributed by atoms with E-state index in [4.69, 9.17) is 4.74 Å². The van der Waals surface area contributed by atoms with Crippen LogP contribution in [0, 0.1) is 5.92 Å². The van der Waals surface area contributed by atoms with Crippen LogP contribution >= 0.6 is 0 Å². The third-order valence-electron chi connectivity index (χ3n) is 7.96. The molecular formula is C32H45NO2. The number of ether oxygens (including phenoxy) is 1. The summed E-state index contributed by atoms with van der Waals surface area (Å²) in [6.45, 7) is 5.17. The molecule has 1 unspecified atom stereocenters. The van der Waals surface area contributed by atoms with E-state index in [2.05, 4.69) is 56.3 Å². The summed E-state index contributed by atoms with van der Waals surface area (Å²) in [6, 6.07) is 15.5. The molecule has 0 radical (unpaired) electrons. The first-order chi connectivity index (χ1) is 17.2. The minimum absolute atomic E-state index is 0.0278. The molecule has 4 rings (SSSR count). The molecule has 1 fully saturated rings. The van der Waals surface area contributed by atoms with E-state index in [0.717, 1.165) is 24.4 Å². The van der Waals surface area contributed by atoms with Crippen molar-refractivity contribution in [2.24, 2.45) is 5.92 Å². The SMILES string of the molecule is CCCCCCCCC1Cc2ccc(-c3ccc(N4C[C@@H](CCCCCC)OC4=O)cc3)cc2C1. The highest BCUT2D eigenvalue weighted by Gasteiger charge is 2.31. The molecule has 1 amide bonds. The predicted molar refractivity (Wildman–Crippen MR) is 147 cm³/mol. The van der Waals surface area contributed by atoms with Gasteiger partial charge in [-0.15, -0.1) is 0 Å². The molecule has 1 aliphatic carbocycles. The van der Waals surface area contributed by atoms with Gasteiger partial charge in [0.1, 0.15) is 6.10 Å². The fourth-order valence-corrected chi connectivity index (χ4v) is 5.82. The minimum Gasteiger partial charge on any atom is -0.444 e. The van der Waals surface area contributed by atoms with Gasteiger partial charge in [0.05, 0.1) is 6.54 Å². The van der Waals surface area contributed by atoms with Crippen LogP contribution in [-0.2, 0) is 17.6 Å². The van der Waals surface area contributed by atoms with E-state index in [-0.39, 0.29) is 12.2 Å². The van der Waals surface area contributed by atoms with Crippen molar-refractivity contribution < 1.29 is 9.53 Å². The van der Waals surface area contributed by atoms with Crippen molar-refractivity contribution in [3.05, 3.63) is 53.6 Å². The molecule has 0 N–H and O–H groups in total. The Labute approximate surface area is 213 Å². The molecule has 0 saturated carbocycles. The van der Waals surface area contributed by atoms with Crippen LogP contribution in [-0.4, -0.2) is 18.7 Å². The number of amides is 1. The van der Waals surface area contributed by atoms with E-state index in [1.165, 1.54) is 93.7 Å². The first-order valence-electron chi connectivity index (χ1n) is 14.4. The van der Waals surface area contributed by atoms with Crippen molar-refractivity contribution in [1.82, 2.24) is 0 Å². The van der Waals surface area contributed by atoms with Crippen LogP contribution in [0.1, 0.15) is 102 Å². The molecule has 190 valence electrons. The summed E-state index contributed by atoms with van der Waals surface area (Å²) in [6.07, 6.45) is 17.8. The highest BCUT2D eigenvalue weighted by atomic mass is 16.6. The standard InChI is InChI=1S/C32H45NO2/c1-3-5-7-9-10-11-13-25-21-27-15-16-28(23-29(27)22-25)26-17-19-30(20-18-26)33-24-31(35-32(33)34)14-12-8-6-4-2/h15-20,23,25,31H,3-14,21-22,24H2,1-2H3/t25?,31-/m1/s1. The summed E-state index contributed by atoms with van der Waals surface area (Å²) >= 11 is 0. The number of carbonyl (C=O) groups excluding carboxylic acids is 1. The van der Waals surface area contributed by atoms with E-state index < -0.39 is 0 Å². The fraction of sp³-hybridized carbons (Fsp3) is 0.594. The second-order valence-electron chi connectivity index (χ2n) is 10.8. The van der Waals surface area contributed by atoms with Gasteiger partial charge < -0.3 is 4.74 Å². The summed E-state index contributed by atoms with van der Waals surface area (Å²) in [5.41, 5.74) is 6.53. The molecule has 1 heterocycles. The van der Waals surface area contributed by atoms with Gasteiger partial charge in [-0.2, -0.15) is 0 Å². The van der Waals surface area contributed by atoms with Gasteiger partial charge >= 0.3 is 6.09 Å². The maximum absolute atomic E-state index is 12.4. The Morgan fingerprint density at radius 3 is 2.14 bits per heavy atom. The van der Waals surface area contributed by atoms with Crippen molar-refractivity contribution in [1.29, 1.82) is 0 Å². The fourth-order valence-electron chi connectivity index (χ4n) is 5.82. The second-order valence-corrected chi connectivity index (χ2v) is 10.8. The lowest BCUT2D eigenvalue weighted by atomic mass is 9.97. The lowest BCUT2D eigenvalue weighted by molar-refractivity contribution is 0.135. The van der Waals surface area contributed by atoms with Gasteiger partial charge in [0.2, 0.25) is 0 Å². The number of fused-ring (bicyclic) bond motifs is 1. The number of rotatable bonds is 14. The second kappa shape index (κ2) is 13.1. The van der Waals surface area contributed by atoms with Crippen molar-refractivity contribution in [2.75, 3.05) is 11.4 Å². The van der Waals surface area contributed by atoms with Crippen LogP contribution < -0.4 is 4.90 Å². The molecule has 1 aliphatic heterocycles. The molecule has 2 aliphatic rings. The van der Waals surface area contributed by atoms with Gasteiger partial charge in [0.25, 0.3) is 0 Å². The summed E-state index contributed by atoms with van der Waals surface area (Å²) in [7, 11) is 0. The van der Waals surface area contributed by atoms with Crippen molar-refractivity contribution in [2.45, 2.75) is 110 Å². The summed E-state index contributed by atoms with van der Waals surface area (Å²) in [4.78, 5) is 14.2. The van der Waals surface area contributed by atoms with Crippen LogP contribution in [0.4, 0.5) is 10.5 Å². The van der Waals surface area contributed by atoms with Gasteiger partial charge in [-0.25, -0.2) is 4.79 Å². The normalized spacial score (nSPS) is 19.3. The number of anilines is 1. The molecular weight excluding hydrogens is 430 g/mol. The van der Waals surface area contributed by atoms with Crippen LogP contribution in [0.25, 0.3) is 11.1 Å². The maximum Gasteiger partial charge on any atom is 0.414 e. The van der Waals surface area contributed by atoms with Crippen LogP contribution in [0.3, 0.4) is 0 Å². The van der Waals surface area contributed by atoms with Crippen molar-refractivity contribution in [3.8, 4) is 11.1 Å². The zero-order valence-corrected chi connectivity index (χ0v) is 22.1. The number of hydrogen-bond acceptors (Lipinski definition) is 2. The Kier molecular flexibility index (Phi) is 9.68. The number of carbonyl (C=O) groups is 1. The van der Waals surface area contributed by atoms with Gasteiger partial charge in [-0.05, 0) is 72.4 Å². The Balaban J connectivity index is 1.29. The zero-order valence-electron chi connectivity index (χ0n) is 22.1. The van der Waals surface area contributed by atoms with Crippen molar-refractivity contribution >= 4 is 11.8 Å². The van der Waals surface area contributed by atoms with Crippen LogP contribution in [0.15, 0.2) is 42.5 Å². The number of cyclic esters (lactones) is 1. The Bertz CT molecular complexity index is 935. The third kappa shape index (κ3) is 7.12. The zero-order chi connectivity index (χ0) is 24.5. The van der Waals surface area contributed by atoms with E-state index in [0.29, 0.717) is 6.54 Å². The van der Waals surface area contributed by atoms with E-state index in [1.54, 1.807) is 10.5 Å². The first kappa shape index (κ1) is 25.8. The quantitative estimate of drug-likeness (QED) is 0.255. The smallest absolute Gasteiger partial charge is 0.414 e. The molecule has 1 saturated heterocycles. The van der Waals surface area contributed by atoms with E-state index in [1.807, 2.05) is 0 Å². The van der Waals surface area contributed by atoms with Crippen LogP contribution in [0.2, 0.25) is 0 Å². The van der Waals surface area contributed by atoms with E-state index >= 15 is 0 Å². The average molecular weight is 476 g/mol. The van der Waals surface area contributed by atoms with Gasteiger partial charge in [0, 0.05) is 5.69 Å². The Morgan fingerprint density at radius 2 is 1.37 bits per heavy atom. The molecule has 2 aromatic rings. The maximum atomic E-state index is 12.4. The van der Waals surface area contributed by atoms with Crippen LogP contribution in [0.5, 0.6) is 0 Å². The molecule has 0 aromatic heterocycles. The molecule has 3 nitrogen and oxygen atoms in total. The summed E-state index contributed by atoms with van der Waals surface area (Å²) in [5, 5.41) is 0. The molecule has 3 heteroatoms. The number of hydrogen-bond donors (Lipinski definition) is 0. The molecule has 35 heavy (non-hydrogen) atoms. The Hall–Kier alpha value is -2.29. The molecule has 0 bridgehead atoms. The highest BCUT2D eigenvalue weighted by molar-refractivity contribution is 5.90. The minimum atomic E-state index is -0.202. The largest absolute Gasteiger partial charge is 0.444 e. The van der Waals surface area contributed by atoms with Gasteiger partial charge in [-0.1, -0.05) is 102 Å². The van der Waals surface area contributed by atoms with Crippen molar-refractivity contribution in [3.63, 3.8) is 0 Å². The summed E-state index contributed by atoms with van der Waals surface area (Å²) in [5.74, 6) is 0.824. The average Bonchev–Trinajstić information content (AvgIpc) is 3.46.